The van der Waals surface area contributed by atoms with Crippen LogP contribution in [0.2, 0.25) is 0 Å². The molecule has 0 aromatic heterocycles. The molecular weight excluding hydrogens is 184 g/mol. The fourth-order valence-corrected chi connectivity index (χ4v) is 1.88. The number of para-hydroxylation sites is 1. The maximum absolute atomic E-state index is 5.50. The standard InChI is InChI=1S/C7H15N.C6H7N/c8-6-7-4-2-1-3-5-7;7-6-4-2-1-3-5-6/h7H,1-6,8H2;1-5H,7H2. The van der Waals surface area contributed by atoms with Crippen LogP contribution in [0.3, 0.4) is 0 Å². The first-order valence-electron chi connectivity index (χ1n) is 5.83. The van der Waals surface area contributed by atoms with Gasteiger partial charge in [-0.3, -0.25) is 0 Å². The van der Waals surface area contributed by atoms with Gasteiger partial charge in [0.2, 0.25) is 0 Å². The van der Waals surface area contributed by atoms with E-state index in [9.17, 15) is 0 Å². The molecule has 4 N–H and O–H groups in total. The summed E-state index contributed by atoms with van der Waals surface area (Å²) in [5, 5.41) is 0. The molecule has 0 unspecified atom stereocenters. The third-order valence-electron chi connectivity index (χ3n) is 2.86. The second-order valence-corrected chi connectivity index (χ2v) is 4.15. The maximum atomic E-state index is 5.50. The molecule has 0 amide bonds. The fraction of sp³-hybridized carbons (Fsp3) is 0.538. The molecule has 15 heavy (non-hydrogen) atoms. The van der Waals surface area contributed by atoms with Gasteiger partial charge in [-0.2, -0.15) is 0 Å². The van der Waals surface area contributed by atoms with Crippen molar-refractivity contribution in [3.8, 4) is 0 Å². The summed E-state index contributed by atoms with van der Waals surface area (Å²) in [7, 11) is 0. The van der Waals surface area contributed by atoms with Gasteiger partial charge in [-0.05, 0) is 37.4 Å². The van der Waals surface area contributed by atoms with E-state index >= 15 is 0 Å². The van der Waals surface area contributed by atoms with E-state index < -0.39 is 0 Å². The van der Waals surface area contributed by atoms with Gasteiger partial charge < -0.3 is 11.5 Å². The summed E-state index contributed by atoms with van der Waals surface area (Å²) in [6, 6.07) is 9.49. The molecule has 0 spiro atoms. The highest BCUT2D eigenvalue weighted by molar-refractivity contribution is 5.35. The molecule has 2 heteroatoms. The predicted molar refractivity (Wildman–Crippen MR) is 66.5 cm³/mol. The molecule has 1 aliphatic rings. The van der Waals surface area contributed by atoms with Crippen molar-refractivity contribution >= 4 is 5.69 Å². The number of hydrogen-bond acceptors (Lipinski definition) is 2. The molecule has 2 rings (SSSR count). The number of anilines is 1. The monoisotopic (exact) mass is 206 g/mol. The SMILES string of the molecule is NCC1CCCCC1.Nc1ccccc1. The van der Waals surface area contributed by atoms with Crippen molar-refractivity contribution in [1.82, 2.24) is 0 Å². The average molecular weight is 206 g/mol. The van der Waals surface area contributed by atoms with Gasteiger partial charge in [0.15, 0.2) is 0 Å². The molecule has 1 fully saturated rings. The zero-order valence-electron chi connectivity index (χ0n) is 9.36. The Kier molecular flexibility index (Phi) is 5.86. The van der Waals surface area contributed by atoms with Crippen molar-refractivity contribution in [3.05, 3.63) is 30.3 Å². The van der Waals surface area contributed by atoms with Gasteiger partial charge in [-0.15, -0.1) is 0 Å². The first-order valence-corrected chi connectivity index (χ1v) is 5.83. The Hall–Kier alpha value is -1.02. The minimum Gasteiger partial charge on any atom is -0.399 e. The molecule has 1 aromatic carbocycles. The Morgan fingerprint density at radius 3 is 1.93 bits per heavy atom. The quantitative estimate of drug-likeness (QED) is 0.694. The van der Waals surface area contributed by atoms with Crippen molar-refractivity contribution in [1.29, 1.82) is 0 Å². The minimum absolute atomic E-state index is 0.822. The highest BCUT2D eigenvalue weighted by Gasteiger charge is 2.09. The van der Waals surface area contributed by atoms with Crippen LogP contribution in [0.5, 0.6) is 0 Å². The van der Waals surface area contributed by atoms with Crippen molar-refractivity contribution in [2.24, 2.45) is 11.7 Å². The predicted octanol–water partition coefficient (Wildman–Crippen LogP) is 2.79. The van der Waals surface area contributed by atoms with E-state index in [2.05, 4.69) is 0 Å². The zero-order valence-corrected chi connectivity index (χ0v) is 9.36. The first kappa shape index (κ1) is 12.1. The smallest absolute Gasteiger partial charge is 0.0313 e. The zero-order chi connectivity index (χ0) is 10.9. The lowest BCUT2D eigenvalue weighted by molar-refractivity contribution is 0.366. The van der Waals surface area contributed by atoms with Gasteiger partial charge in [0.1, 0.15) is 0 Å². The second kappa shape index (κ2) is 7.30. The van der Waals surface area contributed by atoms with Gasteiger partial charge in [0, 0.05) is 5.69 Å². The molecule has 0 aliphatic heterocycles. The number of hydrogen-bond donors (Lipinski definition) is 2. The van der Waals surface area contributed by atoms with Gasteiger partial charge in [0.25, 0.3) is 0 Å². The Morgan fingerprint density at radius 2 is 1.60 bits per heavy atom. The summed E-state index contributed by atoms with van der Waals surface area (Å²) < 4.78 is 0. The van der Waals surface area contributed by atoms with Crippen LogP contribution >= 0.6 is 0 Å². The van der Waals surface area contributed by atoms with Crippen molar-refractivity contribution < 1.29 is 0 Å². The summed E-state index contributed by atoms with van der Waals surface area (Å²) in [5.74, 6) is 0.865. The third kappa shape index (κ3) is 5.43. The van der Waals surface area contributed by atoms with E-state index in [1.807, 2.05) is 30.3 Å². The normalized spacial score (nSPS) is 16.6. The molecule has 84 valence electrons. The number of benzene rings is 1. The highest BCUT2D eigenvalue weighted by atomic mass is 14.5. The van der Waals surface area contributed by atoms with E-state index in [0.29, 0.717) is 0 Å². The molecular formula is C13H22N2. The highest BCUT2D eigenvalue weighted by Crippen LogP contribution is 2.21. The van der Waals surface area contributed by atoms with Crippen molar-refractivity contribution in [3.63, 3.8) is 0 Å². The average Bonchev–Trinajstić information content (AvgIpc) is 2.32. The topological polar surface area (TPSA) is 52.0 Å². The van der Waals surface area contributed by atoms with Gasteiger partial charge in [-0.1, -0.05) is 37.5 Å². The fourth-order valence-electron chi connectivity index (χ4n) is 1.88. The van der Waals surface area contributed by atoms with E-state index in [4.69, 9.17) is 11.5 Å². The molecule has 2 nitrogen and oxygen atoms in total. The summed E-state index contributed by atoms with van der Waals surface area (Å²) in [4.78, 5) is 0. The van der Waals surface area contributed by atoms with Crippen LogP contribution in [0.25, 0.3) is 0 Å². The minimum atomic E-state index is 0.822. The lowest BCUT2D eigenvalue weighted by atomic mass is 9.90. The lowest BCUT2D eigenvalue weighted by Gasteiger charge is -2.18. The number of nitrogens with two attached hydrogens (primary N) is 2. The molecule has 0 saturated heterocycles. The van der Waals surface area contributed by atoms with Crippen LogP contribution in [0.1, 0.15) is 32.1 Å². The van der Waals surface area contributed by atoms with Crippen LogP contribution in [0, 0.1) is 5.92 Å². The van der Waals surface area contributed by atoms with E-state index in [1.54, 1.807) is 0 Å². The number of rotatable bonds is 1. The van der Waals surface area contributed by atoms with Gasteiger partial charge in [0.05, 0.1) is 0 Å². The van der Waals surface area contributed by atoms with Gasteiger partial charge in [-0.25, -0.2) is 0 Å². The lowest BCUT2D eigenvalue weighted by Crippen LogP contribution is -2.16. The van der Waals surface area contributed by atoms with Crippen LogP contribution in [-0.2, 0) is 0 Å². The summed E-state index contributed by atoms with van der Waals surface area (Å²) >= 11 is 0. The van der Waals surface area contributed by atoms with Gasteiger partial charge >= 0.3 is 0 Å². The molecule has 0 bridgehead atoms. The van der Waals surface area contributed by atoms with Crippen molar-refractivity contribution in [2.45, 2.75) is 32.1 Å². The summed E-state index contributed by atoms with van der Waals surface area (Å²) in [6.45, 7) is 0.917. The molecule has 1 saturated carbocycles. The largest absolute Gasteiger partial charge is 0.399 e. The Labute approximate surface area is 92.7 Å². The molecule has 0 atom stereocenters. The summed E-state index contributed by atoms with van der Waals surface area (Å²) in [5.41, 5.74) is 11.7. The molecule has 1 aliphatic carbocycles. The summed E-state index contributed by atoms with van der Waals surface area (Å²) in [6.07, 6.45) is 7.05. The van der Waals surface area contributed by atoms with E-state index in [0.717, 1.165) is 18.2 Å². The molecule has 0 heterocycles. The molecule has 1 aromatic rings. The van der Waals surface area contributed by atoms with E-state index in [1.165, 1.54) is 32.1 Å². The van der Waals surface area contributed by atoms with Crippen LogP contribution < -0.4 is 11.5 Å². The van der Waals surface area contributed by atoms with Crippen molar-refractivity contribution in [2.75, 3.05) is 12.3 Å². The Morgan fingerprint density at radius 1 is 1.00 bits per heavy atom. The van der Waals surface area contributed by atoms with Crippen LogP contribution in [-0.4, -0.2) is 6.54 Å². The third-order valence-corrected chi connectivity index (χ3v) is 2.86. The first-order chi connectivity index (χ1) is 7.33. The Balaban J connectivity index is 0.000000151. The molecule has 0 radical (unpaired) electrons. The Bertz CT molecular complexity index is 240. The van der Waals surface area contributed by atoms with E-state index in [-0.39, 0.29) is 0 Å². The van der Waals surface area contributed by atoms with Crippen LogP contribution in [0.15, 0.2) is 30.3 Å². The maximum Gasteiger partial charge on any atom is 0.0313 e. The second-order valence-electron chi connectivity index (χ2n) is 4.15. The van der Waals surface area contributed by atoms with Crippen LogP contribution in [0.4, 0.5) is 5.69 Å². The number of nitrogen functional groups attached to an aromatic ring is 1.